The van der Waals surface area contributed by atoms with E-state index in [1.165, 1.54) is 0 Å². The molecule has 8 heteroatoms. The van der Waals surface area contributed by atoms with E-state index in [1.54, 1.807) is 29.5 Å². The Morgan fingerprint density at radius 1 is 1.27 bits per heavy atom. The quantitative estimate of drug-likeness (QED) is 0.650. The molecule has 0 aliphatic heterocycles. The summed E-state index contributed by atoms with van der Waals surface area (Å²) in [5.41, 5.74) is 0.675. The summed E-state index contributed by atoms with van der Waals surface area (Å²) in [4.78, 5) is 16.1. The monoisotopic (exact) mass is 354 g/mol. The fourth-order valence-electron chi connectivity index (χ4n) is 2.50. The van der Waals surface area contributed by atoms with Crippen LogP contribution in [0.1, 0.15) is 6.92 Å². The van der Waals surface area contributed by atoms with Crippen molar-refractivity contribution in [2.24, 2.45) is 0 Å². The first-order chi connectivity index (χ1) is 12.7. The Morgan fingerprint density at radius 3 is 2.96 bits per heavy atom. The number of nitrogens with one attached hydrogen (secondary N) is 2. The molecule has 0 radical (unpaired) electrons. The molecular weight excluding hydrogens is 332 g/mol. The van der Waals surface area contributed by atoms with Crippen molar-refractivity contribution in [1.29, 1.82) is 0 Å². The van der Waals surface area contributed by atoms with Crippen molar-refractivity contribution < 1.29 is 9.53 Å². The van der Waals surface area contributed by atoms with Crippen molar-refractivity contribution in [3.8, 4) is 5.75 Å². The number of benzene rings is 1. The third kappa shape index (κ3) is 5.37. The van der Waals surface area contributed by atoms with Crippen LogP contribution in [0.3, 0.4) is 0 Å². The van der Waals surface area contributed by atoms with Gasteiger partial charge in [-0.25, -0.2) is 9.78 Å². The molecule has 2 amide bonds. The van der Waals surface area contributed by atoms with Gasteiger partial charge in [-0.15, -0.1) is 0 Å². The van der Waals surface area contributed by atoms with Crippen LogP contribution >= 0.6 is 0 Å². The molecule has 0 saturated carbocycles. The molecule has 3 rings (SSSR count). The van der Waals surface area contributed by atoms with E-state index in [9.17, 15) is 4.79 Å². The Morgan fingerprint density at radius 2 is 2.19 bits per heavy atom. The highest BCUT2D eigenvalue weighted by Gasteiger charge is 2.08. The molecule has 0 aliphatic rings. The molecule has 2 N–H and O–H groups in total. The lowest BCUT2D eigenvalue weighted by atomic mass is 10.3. The summed E-state index contributed by atoms with van der Waals surface area (Å²) in [5, 5.41) is 9.85. The maximum absolute atomic E-state index is 12.1. The van der Waals surface area contributed by atoms with E-state index in [-0.39, 0.29) is 12.1 Å². The van der Waals surface area contributed by atoms with Crippen LogP contribution in [-0.4, -0.2) is 38.0 Å². The van der Waals surface area contributed by atoms with E-state index in [2.05, 4.69) is 20.7 Å². The zero-order valence-electron chi connectivity index (χ0n) is 14.6. The zero-order valence-corrected chi connectivity index (χ0v) is 14.6. The fraction of sp³-hybridized carbons (Fsp3) is 0.278. The van der Waals surface area contributed by atoms with Gasteiger partial charge in [0.2, 0.25) is 0 Å². The average molecular weight is 354 g/mol. The second-order valence-electron chi connectivity index (χ2n) is 5.90. The van der Waals surface area contributed by atoms with Crippen LogP contribution in [0.15, 0.2) is 61.4 Å². The van der Waals surface area contributed by atoms with Crippen molar-refractivity contribution in [2.45, 2.75) is 26.1 Å². The molecule has 3 aromatic rings. The number of nitrogens with zero attached hydrogens (tertiary/aromatic N) is 4. The number of rotatable bonds is 8. The molecule has 26 heavy (non-hydrogen) atoms. The van der Waals surface area contributed by atoms with E-state index < -0.39 is 0 Å². The van der Waals surface area contributed by atoms with Gasteiger partial charge in [0.1, 0.15) is 12.4 Å². The number of ether oxygens (including phenoxy) is 1. The van der Waals surface area contributed by atoms with Crippen LogP contribution in [0.25, 0.3) is 0 Å². The Bertz CT molecular complexity index is 801. The summed E-state index contributed by atoms with van der Waals surface area (Å²) in [6, 6.07) is 8.89. The average Bonchev–Trinajstić information content (AvgIpc) is 3.29. The number of hydrogen-bond acceptors (Lipinski definition) is 4. The molecule has 2 heterocycles. The Labute approximate surface area is 151 Å². The Balaban J connectivity index is 1.45. The number of aromatic nitrogens is 4. The summed E-state index contributed by atoms with van der Waals surface area (Å²) in [5.74, 6) is 0.696. The van der Waals surface area contributed by atoms with Gasteiger partial charge >= 0.3 is 6.03 Å². The van der Waals surface area contributed by atoms with Crippen LogP contribution in [0.5, 0.6) is 5.75 Å². The number of imidazole rings is 1. The van der Waals surface area contributed by atoms with E-state index in [1.807, 2.05) is 48.1 Å². The summed E-state index contributed by atoms with van der Waals surface area (Å²) in [7, 11) is 0. The summed E-state index contributed by atoms with van der Waals surface area (Å²) in [6.07, 6.45) is 8.92. The number of hydrogen-bond donors (Lipinski definition) is 2. The lowest BCUT2D eigenvalue weighted by Gasteiger charge is -2.15. The highest BCUT2D eigenvalue weighted by atomic mass is 16.5. The first kappa shape index (κ1) is 17.5. The molecule has 0 bridgehead atoms. The van der Waals surface area contributed by atoms with Gasteiger partial charge in [0.05, 0.1) is 12.9 Å². The van der Waals surface area contributed by atoms with E-state index in [4.69, 9.17) is 4.74 Å². The Hall–Kier alpha value is -3.29. The molecule has 0 unspecified atom stereocenters. The minimum atomic E-state index is -0.258. The van der Waals surface area contributed by atoms with Crippen LogP contribution in [-0.2, 0) is 13.1 Å². The van der Waals surface area contributed by atoms with E-state index in [0.717, 1.165) is 0 Å². The third-order valence-electron chi connectivity index (χ3n) is 3.66. The molecule has 0 fully saturated rings. The van der Waals surface area contributed by atoms with Crippen molar-refractivity contribution in [2.75, 3.05) is 11.9 Å². The van der Waals surface area contributed by atoms with Crippen LogP contribution in [0.2, 0.25) is 0 Å². The molecule has 0 aliphatic carbocycles. The number of amides is 2. The standard InChI is InChI=1S/C18H22N6O2/c1-15(13-23-9-7-19-14-23)21-18(25)22-16-4-2-5-17(12-16)26-11-10-24-8-3-6-20-24/h2-9,12,14-15H,10-11,13H2,1H3,(H2,21,22,25)/t15-/m0/s1. The molecule has 0 spiro atoms. The van der Waals surface area contributed by atoms with Crippen molar-refractivity contribution in [1.82, 2.24) is 24.6 Å². The van der Waals surface area contributed by atoms with Crippen LogP contribution in [0, 0.1) is 0 Å². The van der Waals surface area contributed by atoms with Gasteiger partial charge in [-0.3, -0.25) is 4.68 Å². The number of anilines is 1. The van der Waals surface area contributed by atoms with Gasteiger partial charge in [-0.2, -0.15) is 5.10 Å². The van der Waals surface area contributed by atoms with Crippen molar-refractivity contribution in [3.05, 3.63) is 61.4 Å². The first-order valence-electron chi connectivity index (χ1n) is 8.42. The molecule has 0 saturated heterocycles. The minimum absolute atomic E-state index is 0.0299. The lowest BCUT2D eigenvalue weighted by molar-refractivity contribution is 0.248. The predicted molar refractivity (Wildman–Crippen MR) is 98.0 cm³/mol. The molecule has 1 aromatic carbocycles. The smallest absolute Gasteiger partial charge is 0.319 e. The zero-order chi connectivity index (χ0) is 18.2. The third-order valence-corrected chi connectivity index (χ3v) is 3.66. The maximum atomic E-state index is 12.1. The van der Waals surface area contributed by atoms with Crippen molar-refractivity contribution >= 4 is 11.7 Å². The van der Waals surface area contributed by atoms with Crippen LogP contribution in [0.4, 0.5) is 10.5 Å². The molecule has 2 aromatic heterocycles. The summed E-state index contributed by atoms with van der Waals surface area (Å²) >= 11 is 0. The SMILES string of the molecule is C[C@@H](Cn1ccnc1)NC(=O)Nc1cccc(OCCn2cccn2)c1. The maximum Gasteiger partial charge on any atom is 0.319 e. The van der Waals surface area contributed by atoms with E-state index >= 15 is 0 Å². The number of carbonyl (C=O) groups is 1. The van der Waals surface area contributed by atoms with Crippen molar-refractivity contribution in [3.63, 3.8) is 0 Å². The highest BCUT2D eigenvalue weighted by Crippen LogP contribution is 2.17. The topological polar surface area (TPSA) is 86.0 Å². The predicted octanol–water partition coefficient (Wildman–Crippen LogP) is 2.37. The first-order valence-corrected chi connectivity index (χ1v) is 8.42. The van der Waals surface area contributed by atoms with Gasteiger partial charge in [0.15, 0.2) is 0 Å². The summed E-state index contributed by atoms with van der Waals surface area (Å²) < 4.78 is 9.43. The van der Waals surface area contributed by atoms with Gasteiger partial charge in [0, 0.05) is 49.1 Å². The van der Waals surface area contributed by atoms with Gasteiger partial charge < -0.3 is 19.9 Å². The molecule has 1 atom stereocenters. The van der Waals surface area contributed by atoms with E-state index in [0.29, 0.717) is 31.1 Å². The largest absolute Gasteiger partial charge is 0.492 e. The number of urea groups is 1. The van der Waals surface area contributed by atoms with Crippen LogP contribution < -0.4 is 15.4 Å². The molecule has 136 valence electrons. The van der Waals surface area contributed by atoms with Gasteiger partial charge in [-0.05, 0) is 25.1 Å². The second-order valence-corrected chi connectivity index (χ2v) is 5.90. The second kappa shape index (κ2) is 8.70. The fourth-order valence-corrected chi connectivity index (χ4v) is 2.50. The Kier molecular flexibility index (Phi) is 5.87. The molecule has 8 nitrogen and oxygen atoms in total. The normalized spacial score (nSPS) is 11.7. The minimum Gasteiger partial charge on any atom is -0.492 e. The number of carbonyl (C=O) groups excluding carboxylic acids is 1. The molecular formula is C18H22N6O2. The highest BCUT2D eigenvalue weighted by molar-refractivity contribution is 5.89. The lowest BCUT2D eigenvalue weighted by Crippen LogP contribution is -2.38. The summed E-state index contributed by atoms with van der Waals surface area (Å²) in [6.45, 7) is 3.76. The van der Waals surface area contributed by atoms with Gasteiger partial charge in [0.25, 0.3) is 0 Å². The van der Waals surface area contributed by atoms with Gasteiger partial charge in [-0.1, -0.05) is 6.07 Å².